The summed E-state index contributed by atoms with van der Waals surface area (Å²) in [4.78, 5) is 0. The van der Waals surface area contributed by atoms with Crippen LogP contribution in [0, 0.1) is 5.92 Å². The van der Waals surface area contributed by atoms with Gasteiger partial charge >= 0.3 is 7.69 Å². The molecule has 0 bridgehead atoms. The molecule has 9 heavy (non-hydrogen) atoms. The molecule has 3 heteroatoms. The Hall–Kier alpha value is -0.435. The van der Waals surface area contributed by atoms with E-state index in [0.717, 1.165) is 0 Å². The third kappa shape index (κ3) is 7.56. The van der Waals surface area contributed by atoms with E-state index in [1.54, 1.807) is 0 Å². The molecule has 0 saturated heterocycles. The van der Waals surface area contributed by atoms with Gasteiger partial charge < -0.3 is 9.31 Å². The van der Waals surface area contributed by atoms with Crippen molar-refractivity contribution in [3.05, 3.63) is 12.8 Å². The van der Waals surface area contributed by atoms with Gasteiger partial charge in [-0.2, -0.15) is 0 Å². The molecule has 0 spiro atoms. The number of rotatable bonds is 5. The van der Waals surface area contributed by atoms with E-state index in [1.165, 1.54) is 13.9 Å². The Labute approximate surface area is 57.2 Å². The molecule has 0 heterocycles. The summed E-state index contributed by atoms with van der Waals surface area (Å²) in [6.07, 6.45) is 1.32. The van der Waals surface area contributed by atoms with Crippen molar-refractivity contribution < 1.29 is 9.31 Å². The van der Waals surface area contributed by atoms with Gasteiger partial charge in [-0.15, -0.1) is 0 Å². The van der Waals surface area contributed by atoms with Crippen LogP contribution in [0.15, 0.2) is 12.8 Å². The van der Waals surface area contributed by atoms with Crippen LogP contribution in [0.2, 0.25) is 0 Å². The summed E-state index contributed by atoms with van der Waals surface area (Å²) in [5.74, 6) is 0.537. The second kappa shape index (κ2) is 5.70. The van der Waals surface area contributed by atoms with E-state index < -0.39 is 0 Å². The predicted octanol–water partition coefficient (Wildman–Crippen LogP) is 1.35. The molecule has 0 saturated carbocycles. The van der Waals surface area contributed by atoms with E-state index in [0.29, 0.717) is 12.5 Å². The van der Waals surface area contributed by atoms with Gasteiger partial charge in [0.2, 0.25) is 0 Å². The van der Waals surface area contributed by atoms with Crippen molar-refractivity contribution in [3.8, 4) is 0 Å². The lowest BCUT2D eigenvalue weighted by molar-refractivity contribution is 0.239. The van der Waals surface area contributed by atoms with Crippen molar-refractivity contribution in [1.82, 2.24) is 0 Å². The molecule has 0 unspecified atom stereocenters. The second-order valence-electron chi connectivity index (χ2n) is 2.13. The standard InChI is InChI=1S/C6H12BO2/c1-4-8-7-9-5-6(2)3/h4,6H,1,5H2,2-3H3. The van der Waals surface area contributed by atoms with Crippen LogP contribution in [0.4, 0.5) is 0 Å². The van der Waals surface area contributed by atoms with Gasteiger partial charge in [0.25, 0.3) is 0 Å². The van der Waals surface area contributed by atoms with Crippen LogP contribution in [0.3, 0.4) is 0 Å². The number of hydrogen-bond donors (Lipinski definition) is 0. The van der Waals surface area contributed by atoms with Crippen LogP contribution in [0.25, 0.3) is 0 Å². The maximum Gasteiger partial charge on any atom is 0.571 e. The van der Waals surface area contributed by atoms with Gasteiger partial charge in [-0.3, -0.25) is 0 Å². The minimum atomic E-state index is 0.537. The lowest BCUT2D eigenvalue weighted by atomic mass is 10.2. The summed E-state index contributed by atoms with van der Waals surface area (Å²) >= 11 is 0. The molecule has 0 aliphatic rings. The molecule has 1 radical (unpaired) electrons. The van der Waals surface area contributed by atoms with Crippen molar-refractivity contribution in [2.24, 2.45) is 5.92 Å². The van der Waals surface area contributed by atoms with Gasteiger partial charge in [0, 0.05) is 6.61 Å². The lowest BCUT2D eigenvalue weighted by Crippen LogP contribution is -2.06. The smallest absolute Gasteiger partial charge is 0.544 e. The van der Waals surface area contributed by atoms with Gasteiger partial charge in [0.05, 0.1) is 6.26 Å². The molecule has 0 aromatic carbocycles. The molecule has 0 aromatic heterocycles. The monoisotopic (exact) mass is 127 g/mol. The first-order chi connectivity index (χ1) is 4.27. The van der Waals surface area contributed by atoms with Crippen LogP contribution in [0.1, 0.15) is 13.8 Å². The fraction of sp³-hybridized carbons (Fsp3) is 0.667. The quantitative estimate of drug-likeness (QED) is 0.315. The molecular weight excluding hydrogens is 115 g/mol. The average Bonchev–Trinajstić information content (AvgIpc) is 1.80. The maximum atomic E-state index is 4.92. The normalized spacial score (nSPS) is 9.22. The summed E-state index contributed by atoms with van der Waals surface area (Å²) in [6.45, 7) is 8.17. The summed E-state index contributed by atoms with van der Waals surface area (Å²) in [7, 11) is 1.28. The highest BCUT2D eigenvalue weighted by Crippen LogP contribution is 1.90. The fourth-order valence-corrected chi connectivity index (χ4v) is 0.310. The Morgan fingerprint density at radius 2 is 2.33 bits per heavy atom. The molecule has 0 amide bonds. The minimum absolute atomic E-state index is 0.537. The Bertz CT molecular complexity index is 73.5. The van der Waals surface area contributed by atoms with E-state index in [-0.39, 0.29) is 0 Å². The van der Waals surface area contributed by atoms with Crippen LogP contribution < -0.4 is 0 Å². The topological polar surface area (TPSA) is 18.5 Å². The Morgan fingerprint density at radius 3 is 2.78 bits per heavy atom. The van der Waals surface area contributed by atoms with Crippen molar-refractivity contribution in [2.45, 2.75) is 13.8 Å². The van der Waals surface area contributed by atoms with Crippen LogP contribution in [-0.4, -0.2) is 14.3 Å². The summed E-state index contributed by atoms with van der Waals surface area (Å²) < 4.78 is 9.52. The average molecular weight is 127 g/mol. The van der Waals surface area contributed by atoms with Crippen LogP contribution >= 0.6 is 0 Å². The molecule has 0 aromatic rings. The zero-order valence-electron chi connectivity index (χ0n) is 5.96. The Kier molecular flexibility index (Phi) is 5.42. The molecule has 51 valence electrons. The predicted molar refractivity (Wildman–Crippen MR) is 37.8 cm³/mol. The summed E-state index contributed by atoms with van der Waals surface area (Å²) in [6, 6.07) is 0. The maximum absolute atomic E-state index is 4.92. The SMILES string of the molecule is C=CO[B]OCC(C)C. The molecule has 0 aliphatic carbocycles. The third-order valence-corrected chi connectivity index (χ3v) is 0.649. The largest absolute Gasteiger partial charge is 0.571 e. The zero-order valence-corrected chi connectivity index (χ0v) is 5.96. The van der Waals surface area contributed by atoms with Crippen LogP contribution in [-0.2, 0) is 9.31 Å². The lowest BCUT2D eigenvalue weighted by Gasteiger charge is -2.02. The molecule has 0 aliphatic heterocycles. The van der Waals surface area contributed by atoms with Crippen molar-refractivity contribution >= 4 is 7.69 Å². The van der Waals surface area contributed by atoms with Gasteiger partial charge in [-0.05, 0) is 5.92 Å². The van der Waals surface area contributed by atoms with Gasteiger partial charge in [0.1, 0.15) is 0 Å². The fourth-order valence-electron chi connectivity index (χ4n) is 0.310. The van der Waals surface area contributed by atoms with Gasteiger partial charge in [-0.1, -0.05) is 20.4 Å². The van der Waals surface area contributed by atoms with Gasteiger partial charge in [0.15, 0.2) is 0 Å². The highest BCUT2D eigenvalue weighted by atomic mass is 16.6. The van der Waals surface area contributed by atoms with E-state index in [1.807, 2.05) is 0 Å². The van der Waals surface area contributed by atoms with Crippen LogP contribution in [0.5, 0.6) is 0 Å². The third-order valence-electron chi connectivity index (χ3n) is 0.649. The molecule has 0 atom stereocenters. The van der Waals surface area contributed by atoms with Gasteiger partial charge in [-0.25, -0.2) is 0 Å². The molecular formula is C6H12BO2. The van der Waals surface area contributed by atoms with E-state index in [2.05, 4.69) is 25.1 Å². The van der Waals surface area contributed by atoms with Crippen molar-refractivity contribution in [1.29, 1.82) is 0 Å². The molecule has 0 rings (SSSR count). The first-order valence-electron chi connectivity index (χ1n) is 2.97. The number of hydrogen-bond acceptors (Lipinski definition) is 2. The molecule has 2 nitrogen and oxygen atoms in total. The molecule has 0 fully saturated rings. The molecule has 0 N–H and O–H groups in total. The zero-order chi connectivity index (χ0) is 7.11. The van der Waals surface area contributed by atoms with Crippen molar-refractivity contribution in [2.75, 3.05) is 6.61 Å². The first kappa shape index (κ1) is 8.56. The first-order valence-corrected chi connectivity index (χ1v) is 2.97. The van der Waals surface area contributed by atoms with Crippen molar-refractivity contribution in [3.63, 3.8) is 0 Å². The van der Waals surface area contributed by atoms with E-state index >= 15 is 0 Å². The minimum Gasteiger partial charge on any atom is -0.544 e. The Morgan fingerprint density at radius 1 is 1.67 bits per heavy atom. The Balaban J connectivity index is 2.82. The second-order valence-corrected chi connectivity index (χ2v) is 2.13. The summed E-state index contributed by atoms with van der Waals surface area (Å²) in [5.41, 5.74) is 0. The highest BCUT2D eigenvalue weighted by molar-refractivity contribution is 6.18. The van der Waals surface area contributed by atoms with E-state index in [9.17, 15) is 0 Å². The summed E-state index contributed by atoms with van der Waals surface area (Å²) in [5, 5.41) is 0. The highest BCUT2D eigenvalue weighted by Gasteiger charge is 1.95. The van der Waals surface area contributed by atoms with E-state index in [4.69, 9.17) is 4.65 Å².